The van der Waals surface area contributed by atoms with E-state index in [2.05, 4.69) is 6.07 Å². The SMILES string of the molecule is CSCCOC(C#N)c1ccccc1. The minimum atomic E-state index is -0.427. The van der Waals surface area contributed by atoms with Gasteiger partial charge in [0.25, 0.3) is 0 Å². The molecular weight excluding hydrogens is 194 g/mol. The molecule has 2 nitrogen and oxygen atoms in total. The van der Waals surface area contributed by atoms with E-state index in [1.54, 1.807) is 11.8 Å². The number of nitriles is 1. The van der Waals surface area contributed by atoms with Gasteiger partial charge in [0.2, 0.25) is 0 Å². The molecule has 1 unspecified atom stereocenters. The van der Waals surface area contributed by atoms with Crippen molar-refractivity contribution in [2.24, 2.45) is 0 Å². The van der Waals surface area contributed by atoms with Crippen molar-refractivity contribution in [3.63, 3.8) is 0 Å². The van der Waals surface area contributed by atoms with Crippen LogP contribution < -0.4 is 0 Å². The summed E-state index contributed by atoms with van der Waals surface area (Å²) < 4.78 is 5.44. The zero-order valence-electron chi connectivity index (χ0n) is 8.14. The molecule has 0 amide bonds. The van der Waals surface area contributed by atoms with E-state index in [1.165, 1.54) is 0 Å². The lowest BCUT2D eigenvalue weighted by molar-refractivity contribution is 0.104. The van der Waals surface area contributed by atoms with E-state index < -0.39 is 6.10 Å². The van der Waals surface area contributed by atoms with Crippen LogP contribution in [0.25, 0.3) is 0 Å². The Kier molecular flexibility index (Phi) is 5.13. The molecule has 0 aliphatic carbocycles. The van der Waals surface area contributed by atoms with Gasteiger partial charge in [-0.15, -0.1) is 0 Å². The Morgan fingerprint density at radius 3 is 2.71 bits per heavy atom. The Hall–Kier alpha value is -0.980. The second-order valence-corrected chi connectivity index (χ2v) is 3.77. The van der Waals surface area contributed by atoms with Gasteiger partial charge in [0.15, 0.2) is 6.10 Å². The molecule has 1 aromatic carbocycles. The van der Waals surface area contributed by atoms with E-state index >= 15 is 0 Å². The third-order valence-electron chi connectivity index (χ3n) is 1.79. The monoisotopic (exact) mass is 207 g/mol. The number of thioether (sulfide) groups is 1. The molecule has 0 aliphatic rings. The van der Waals surface area contributed by atoms with Crippen molar-refractivity contribution >= 4 is 11.8 Å². The molecule has 14 heavy (non-hydrogen) atoms. The van der Waals surface area contributed by atoms with E-state index in [4.69, 9.17) is 10.00 Å². The first-order valence-corrected chi connectivity index (χ1v) is 5.83. The summed E-state index contributed by atoms with van der Waals surface area (Å²) in [6.07, 6.45) is 1.59. The molecule has 74 valence electrons. The molecule has 0 fully saturated rings. The van der Waals surface area contributed by atoms with Crippen LogP contribution in [0.1, 0.15) is 11.7 Å². The van der Waals surface area contributed by atoms with E-state index in [-0.39, 0.29) is 0 Å². The summed E-state index contributed by atoms with van der Waals surface area (Å²) in [4.78, 5) is 0. The molecule has 0 N–H and O–H groups in total. The predicted octanol–water partition coefficient (Wildman–Crippen LogP) is 2.63. The summed E-state index contributed by atoms with van der Waals surface area (Å²) in [5.74, 6) is 0.922. The van der Waals surface area contributed by atoms with E-state index in [9.17, 15) is 0 Å². The Balaban J connectivity index is 2.52. The van der Waals surface area contributed by atoms with Crippen LogP contribution in [0.3, 0.4) is 0 Å². The van der Waals surface area contributed by atoms with Crippen LogP contribution in [0.5, 0.6) is 0 Å². The second kappa shape index (κ2) is 6.47. The van der Waals surface area contributed by atoms with Gasteiger partial charge in [-0.3, -0.25) is 0 Å². The van der Waals surface area contributed by atoms with Crippen LogP contribution in [0, 0.1) is 11.3 Å². The maximum absolute atomic E-state index is 8.90. The van der Waals surface area contributed by atoms with Crippen molar-refractivity contribution < 1.29 is 4.74 Å². The highest BCUT2D eigenvalue weighted by atomic mass is 32.2. The number of hydrogen-bond donors (Lipinski definition) is 0. The van der Waals surface area contributed by atoms with Gasteiger partial charge < -0.3 is 4.74 Å². The Labute approximate surface area is 88.9 Å². The molecule has 0 heterocycles. The number of benzene rings is 1. The van der Waals surface area contributed by atoms with Crippen LogP contribution in [0.2, 0.25) is 0 Å². The van der Waals surface area contributed by atoms with Crippen molar-refractivity contribution in [3.8, 4) is 6.07 Å². The first-order valence-electron chi connectivity index (χ1n) is 4.43. The predicted molar refractivity (Wildman–Crippen MR) is 59.1 cm³/mol. The summed E-state index contributed by atoms with van der Waals surface area (Å²) in [5.41, 5.74) is 0.927. The van der Waals surface area contributed by atoms with Crippen molar-refractivity contribution in [1.82, 2.24) is 0 Å². The first kappa shape index (κ1) is 11.1. The molecular formula is C11H13NOS. The summed E-state index contributed by atoms with van der Waals surface area (Å²) in [7, 11) is 0. The highest BCUT2D eigenvalue weighted by Crippen LogP contribution is 2.15. The standard InChI is InChI=1S/C11H13NOS/c1-14-8-7-13-11(9-12)10-5-3-2-4-6-10/h2-6,11H,7-8H2,1H3. The van der Waals surface area contributed by atoms with Gasteiger partial charge >= 0.3 is 0 Å². The normalized spacial score (nSPS) is 12.0. The lowest BCUT2D eigenvalue weighted by atomic mass is 10.1. The minimum absolute atomic E-state index is 0.427. The summed E-state index contributed by atoms with van der Waals surface area (Å²) in [6, 6.07) is 11.7. The maximum atomic E-state index is 8.90. The topological polar surface area (TPSA) is 33.0 Å². The fourth-order valence-corrected chi connectivity index (χ4v) is 1.35. The molecule has 1 rings (SSSR count). The summed E-state index contributed by atoms with van der Waals surface area (Å²) >= 11 is 1.71. The zero-order chi connectivity index (χ0) is 10.2. The highest BCUT2D eigenvalue weighted by Gasteiger charge is 2.08. The average Bonchev–Trinajstić information content (AvgIpc) is 2.26. The zero-order valence-corrected chi connectivity index (χ0v) is 8.96. The Morgan fingerprint density at radius 1 is 1.43 bits per heavy atom. The van der Waals surface area contributed by atoms with Gasteiger partial charge in [-0.25, -0.2) is 0 Å². The smallest absolute Gasteiger partial charge is 0.169 e. The molecule has 3 heteroatoms. The highest BCUT2D eigenvalue weighted by molar-refractivity contribution is 7.98. The Bertz CT molecular complexity index is 294. The third-order valence-corrected chi connectivity index (χ3v) is 2.37. The molecule has 0 aromatic heterocycles. The number of nitrogens with zero attached hydrogens (tertiary/aromatic N) is 1. The number of rotatable bonds is 5. The molecule has 0 saturated heterocycles. The lowest BCUT2D eigenvalue weighted by Crippen LogP contribution is -2.04. The Morgan fingerprint density at radius 2 is 2.14 bits per heavy atom. The molecule has 0 bridgehead atoms. The van der Waals surface area contributed by atoms with Gasteiger partial charge in [-0.1, -0.05) is 30.3 Å². The number of ether oxygens (including phenoxy) is 1. The van der Waals surface area contributed by atoms with E-state index in [1.807, 2.05) is 36.6 Å². The first-order chi connectivity index (χ1) is 6.88. The second-order valence-electron chi connectivity index (χ2n) is 2.78. The maximum Gasteiger partial charge on any atom is 0.169 e. The van der Waals surface area contributed by atoms with Gasteiger partial charge in [0.05, 0.1) is 12.7 Å². The van der Waals surface area contributed by atoms with Gasteiger partial charge in [-0.2, -0.15) is 17.0 Å². The van der Waals surface area contributed by atoms with Gasteiger partial charge in [-0.05, 0) is 11.8 Å². The van der Waals surface area contributed by atoms with Crippen LogP contribution in [0.15, 0.2) is 30.3 Å². The minimum Gasteiger partial charge on any atom is -0.358 e. The van der Waals surface area contributed by atoms with Crippen molar-refractivity contribution in [1.29, 1.82) is 5.26 Å². The summed E-state index contributed by atoms with van der Waals surface area (Å²) in [5, 5.41) is 8.90. The van der Waals surface area contributed by atoms with Crippen LogP contribution in [0.4, 0.5) is 0 Å². The molecule has 0 aliphatic heterocycles. The lowest BCUT2D eigenvalue weighted by Gasteiger charge is -2.09. The quantitative estimate of drug-likeness (QED) is 0.696. The average molecular weight is 207 g/mol. The largest absolute Gasteiger partial charge is 0.358 e. The van der Waals surface area contributed by atoms with Crippen LogP contribution >= 0.6 is 11.8 Å². The van der Waals surface area contributed by atoms with Crippen LogP contribution in [-0.4, -0.2) is 18.6 Å². The van der Waals surface area contributed by atoms with Crippen molar-refractivity contribution in [3.05, 3.63) is 35.9 Å². The molecule has 0 saturated carbocycles. The fourth-order valence-electron chi connectivity index (χ4n) is 1.09. The number of hydrogen-bond acceptors (Lipinski definition) is 3. The van der Waals surface area contributed by atoms with Crippen molar-refractivity contribution in [2.75, 3.05) is 18.6 Å². The molecule has 1 aromatic rings. The molecule has 1 atom stereocenters. The van der Waals surface area contributed by atoms with Gasteiger partial charge in [0, 0.05) is 5.75 Å². The molecule has 0 radical (unpaired) electrons. The summed E-state index contributed by atoms with van der Waals surface area (Å²) in [6.45, 7) is 0.619. The molecule has 0 spiro atoms. The van der Waals surface area contributed by atoms with Crippen molar-refractivity contribution in [2.45, 2.75) is 6.10 Å². The van der Waals surface area contributed by atoms with Gasteiger partial charge in [0.1, 0.15) is 0 Å². The van der Waals surface area contributed by atoms with Crippen LogP contribution in [-0.2, 0) is 4.74 Å². The van der Waals surface area contributed by atoms with E-state index in [0.717, 1.165) is 11.3 Å². The fraction of sp³-hybridized carbons (Fsp3) is 0.364. The third kappa shape index (κ3) is 3.41. The van der Waals surface area contributed by atoms with E-state index in [0.29, 0.717) is 6.61 Å².